The molecule has 0 aliphatic carbocycles. The van der Waals surface area contributed by atoms with E-state index in [2.05, 4.69) is 21.2 Å². The summed E-state index contributed by atoms with van der Waals surface area (Å²) in [6, 6.07) is 23.6. The number of fused-ring (bicyclic) bond motifs is 3. The molecule has 3 heterocycles. The summed E-state index contributed by atoms with van der Waals surface area (Å²) in [6.45, 7) is 0. The number of aliphatic imine (C=N–C) groups is 1. The van der Waals surface area contributed by atoms with Crippen LogP contribution in [0.25, 0.3) is 22.1 Å². The zero-order chi connectivity index (χ0) is 18.3. The van der Waals surface area contributed by atoms with Crippen LogP contribution in [0.15, 0.2) is 99.3 Å². The largest absolute Gasteiger partial charge is 0.443 e. The summed E-state index contributed by atoms with van der Waals surface area (Å²) >= 11 is 0. The van der Waals surface area contributed by atoms with Gasteiger partial charge in [-0.1, -0.05) is 47.6 Å². The van der Waals surface area contributed by atoms with E-state index in [-0.39, 0.29) is 0 Å². The first-order chi connectivity index (χ1) is 13.4. The van der Waals surface area contributed by atoms with Crippen LogP contribution in [0.4, 0.5) is 5.69 Å². The maximum Gasteiger partial charge on any atom is 0.181 e. The van der Waals surface area contributed by atoms with Gasteiger partial charge in [0.1, 0.15) is 5.52 Å². The van der Waals surface area contributed by atoms with Crippen LogP contribution < -0.4 is 0 Å². The quantitative estimate of drug-likeness (QED) is 0.363. The minimum atomic E-state index is 0.845. The molecule has 2 aromatic heterocycles. The highest BCUT2D eigenvalue weighted by Crippen LogP contribution is 2.22. The Bertz CT molecular complexity index is 1050. The molecule has 0 fully saturated rings. The Kier molecular flexibility index (Phi) is 5.02. The van der Waals surface area contributed by atoms with Crippen molar-refractivity contribution in [2.75, 3.05) is 0 Å². The Balaban J connectivity index is 0.0000001000. The Morgan fingerprint density at radius 3 is 2.41 bits per heavy atom. The monoisotopic (exact) mass is 355 g/mol. The first-order valence-corrected chi connectivity index (χ1v) is 8.58. The first-order valence-electron chi connectivity index (χ1n) is 8.58. The summed E-state index contributed by atoms with van der Waals surface area (Å²) in [4.78, 5) is 8.13. The topological polar surface area (TPSA) is 64.4 Å². The number of hydrogen-bond donors (Lipinski definition) is 0. The van der Waals surface area contributed by atoms with Gasteiger partial charge in [0.25, 0.3) is 0 Å². The summed E-state index contributed by atoms with van der Waals surface area (Å²) < 4.78 is 9.87. The Morgan fingerprint density at radius 2 is 1.56 bits per heavy atom. The third-order valence-corrected chi connectivity index (χ3v) is 4.03. The number of hydrogen-bond acceptors (Lipinski definition) is 5. The first kappa shape index (κ1) is 16.7. The van der Waals surface area contributed by atoms with Gasteiger partial charge in [0.2, 0.25) is 0 Å². The molecule has 0 spiro atoms. The average molecular weight is 355 g/mol. The number of aromatic nitrogens is 2. The number of rotatable bonds is 0. The third kappa shape index (κ3) is 4.10. The van der Waals surface area contributed by atoms with Gasteiger partial charge in [-0.3, -0.25) is 4.99 Å². The lowest BCUT2D eigenvalue weighted by Gasteiger charge is -1.91. The molecule has 27 heavy (non-hydrogen) atoms. The van der Waals surface area contributed by atoms with Gasteiger partial charge in [-0.25, -0.2) is 4.98 Å². The number of benzene rings is 3. The standard InChI is InChI=1S/C8H7N.2C7H5NO/c1-2-4-8-7(3-1)5-6-9-8;1-2-4-7-6(3-1)8-5-9-7;1-2-4-7-6(3-1)5-8-9-7/h1-4,6H,5H2;2*1-5H. The normalized spacial score (nSPS) is 11.4. The molecule has 1 aliphatic rings. The molecule has 3 aromatic carbocycles. The second kappa shape index (κ2) is 8.10. The summed E-state index contributed by atoms with van der Waals surface area (Å²) in [5, 5.41) is 4.68. The van der Waals surface area contributed by atoms with Crippen molar-refractivity contribution in [2.45, 2.75) is 6.42 Å². The molecule has 0 saturated heterocycles. The fourth-order valence-corrected chi connectivity index (χ4v) is 2.67. The fraction of sp³-hybridized carbons (Fsp3) is 0.0455. The van der Waals surface area contributed by atoms with Gasteiger partial charge in [-0.2, -0.15) is 0 Å². The van der Waals surface area contributed by atoms with Crippen molar-refractivity contribution in [1.29, 1.82) is 0 Å². The van der Waals surface area contributed by atoms with Crippen LogP contribution in [-0.2, 0) is 6.42 Å². The molecule has 0 unspecified atom stereocenters. The molecule has 5 nitrogen and oxygen atoms in total. The van der Waals surface area contributed by atoms with E-state index in [1.54, 1.807) is 6.20 Å². The van der Waals surface area contributed by atoms with Crippen molar-refractivity contribution in [3.8, 4) is 0 Å². The lowest BCUT2D eigenvalue weighted by Crippen LogP contribution is -1.75. The fourth-order valence-electron chi connectivity index (χ4n) is 2.67. The second-order valence-electron chi connectivity index (χ2n) is 5.83. The summed E-state index contributed by atoms with van der Waals surface area (Å²) in [6.07, 6.45) is 6.11. The predicted molar refractivity (Wildman–Crippen MR) is 106 cm³/mol. The van der Waals surface area contributed by atoms with Gasteiger partial charge in [-0.05, 0) is 35.9 Å². The zero-order valence-corrected chi connectivity index (χ0v) is 14.5. The number of oxazole rings is 1. The minimum absolute atomic E-state index is 0.845. The van der Waals surface area contributed by atoms with Crippen molar-refractivity contribution in [3.05, 3.63) is 91.0 Å². The van der Waals surface area contributed by atoms with E-state index in [9.17, 15) is 0 Å². The third-order valence-electron chi connectivity index (χ3n) is 4.03. The van der Waals surface area contributed by atoms with Gasteiger partial charge in [0, 0.05) is 18.0 Å². The highest BCUT2D eigenvalue weighted by atomic mass is 16.5. The molecule has 6 rings (SSSR count). The Hall–Kier alpha value is -3.73. The molecule has 0 N–H and O–H groups in total. The van der Waals surface area contributed by atoms with Gasteiger partial charge >= 0.3 is 0 Å². The molecule has 0 atom stereocenters. The smallest absolute Gasteiger partial charge is 0.181 e. The van der Waals surface area contributed by atoms with Gasteiger partial charge in [0.05, 0.1) is 11.9 Å². The van der Waals surface area contributed by atoms with Crippen LogP contribution >= 0.6 is 0 Å². The molecule has 0 amide bonds. The molecule has 0 bridgehead atoms. The highest BCUT2D eigenvalue weighted by Gasteiger charge is 2.01. The van der Waals surface area contributed by atoms with Crippen molar-refractivity contribution in [2.24, 2.45) is 4.99 Å². The maximum atomic E-state index is 5.01. The molecule has 1 aliphatic heterocycles. The van der Waals surface area contributed by atoms with Gasteiger partial charge in [0.15, 0.2) is 17.6 Å². The van der Waals surface area contributed by atoms with Crippen molar-refractivity contribution < 1.29 is 8.94 Å². The molecule has 5 aromatic rings. The summed E-state index contributed by atoms with van der Waals surface area (Å²) in [7, 11) is 0. The van der Waals surface area contributed by atoms with E-state index in [1.165, 1.54) is 12.0 Å². The minimum Gasteiger partial charge on any atom is -0.443 e. The maximum absolute atomic E-state index is 5.01. The molecule has 5 heteroatoms. The van der Waals surface area contributed by atoms with Crippen LogP contribution in [0, 0.1) is 0 Å². The van der Waals surface area contributed by atoms with E-state index in [0.29, 0.717) is 0 Å². The molecular formula is C22H17N3O2. The van der Waals surface area contributed by atoms with Crippen LogP contribution in [0.2, 0.25) is 0 Å². The molecule has 132 valence electrons. The van der Waals surface area contributed by atoms with Crippen molar-refractivity contribution in [1.82, 2.24) is 10.1 Å². The molecular weight excluding hydrogens is 338 g/mol. The van der Waals surface area contributed by atoms with Crippen LogP contribution in [0.3, 0.4) is 0 Å². The van der Waals surface area contributed by atoms with E-state index >= 15 is 0 Å². The highest BCUT2D eigenvalue weighted by molar-refractivity contribution is 5.76. The average Bonchev–Trinajstić information content (AvgIpc) is 3.48. The molecule has 0 radical (unpaired) electrons. The summed E-state index contributed by atoms with van der Waals surface area (Å²) in [5.41, 5.74) is 5.09. The van der Waals surface area contributed by atoms with Crippen LogP contribution in [0.1, 0.15) is 5.56 Å². The number of nitrogens with zero attached hydrogens (tertiary/aromatic N) is 3. The van der Waals surface area contributed by atoms with Gasteiger partial charge in [-0.15, -0.1) is 0 Å². The van der Waals surface area contributed by atoms with E-state index in [1.807, 2.05) is 72.9 Å². The summed E-state index contributed by atoms with van der Waals surface area (Å²) in [5.74, 6) is 0. The van der Waals surface area contributed by atoms with Gasteiger partial charge < -0.3 is 8.94 Å². The van der Waals surface area contributed by atoms with Crippen LogP contribution in [-0.4, -0.2) is 16.4 Å². The lowest BCUT2D eigenvalue weighted by atomic mass is 10.2. The number of para-hydroxylation sites is 4. The Morgan fingerprint density at radius 1 is 0.778 bits per heavy atom. The van der Waals surface area contributed by atoms with Crippen LogP contribution in [0.5, 0.6) is 0 Å². The predicted octanol–water partition coefficient (Wildman–Crippen LogP) is 5.60. The van der Waals surface area contributed by atoms with E-state index in [4.69, 9.17) is 8.94 Å². The lowest BCUT2D eigenvalue weighted by molar-refractivity contribution is 0.456. The van der Waals surface area contributed by atoms with Crippen molar-refractivity contribution >= 4 is 34.0 Å². The second-order valence-corrected chi connectivity index (χ2v) is 5.83. The SMILES string of the molecule is C1=Nc2ccccc2C1.c1ccc2ocnc2c1.c1ccc2oncc2c1. The Labute approximate surface area is 156 Å². The van der Waals surface area contributed by atoms with E-state index < -0.39 is 0 Å². The van der Waals surface area contributed by atoms with E-state index in [0.717, 1.165) is 34.2 Å². The molecule has 0 saturated carbocycles. The zero-order valence-electron chi connectivity index (χ0n) is 14.5. The van der Waals surface area contributed by atoms with Crippen molar-refractivity contribution in [3.63, 3.8) is 0 Å².